The molecule has 40 heavy (non-hydrogen) atoms. The van der Waals surface area contributed by atoms with Crippen molar-refractivity contribution in [3.05, 3.63) is 29.8 Å². The van der Waals surface area contributed by atoms with E-state index in [1.165, 1.54) is 14.2 Å². The number of ether oxygens (including phenoxy) is 1. The number of rotatable bonds is 12. The molecule has 232 valence electrons. The Kier molecular flexibility index (Phi) is 30.4. The van der Waals surface area contributed by atoms with Gasteiger partial charge in [-0.25, -0.2) is 0 Å². The first-order valence-electron chi connectivity index (χ1n) is 14.1. The van der Waals surface area contributed by atoms with Gasteiger partial charge in [0.1, 0.15) is 0 Å². The Morgan fingerprint density at radius 2 is 1.35 bits per heavy atom. The van der Waals surface area contributed by atoms with Crippen molar-refractivity contribution in [3.8, 4) is 0 Å². The molecule has 1 aromatic carbocycles. The van der Waals surface area contributed by atoms with Crippen LogP contribution in [0.3, 0.4) is 0 Å². The van der Waals surface area contributed by atoms with Crippen molar-refractivity contribution in [2.45, 2.75) is 91.9 Å². The molecule has 0 radical (unpaired) electrons. The van der Waals surface area contributed by atoms with Crippen LogP contribution < -0.4 is 5.19 Å². The number of unbranched alkanes of at least 4 members (excludes halogenated alkanes) is 3. The Labute approximate surface area is 257 Å². The third-order valence-electron chi connectivity index (χ3n) is 6.10. The molecule has 0 saturated heterocycles. The second kappa shape index (κ2) is 28.0. The number of aryl methyl sites for hydroxylation is 1. The van der Waals surface area contributed by atoms with Gasteiger partial charge in [-0.1, -0.05) is 82.7 Å². The normalized spacial score (nSPS) is 17.1. The van der Waals surface area contributed by atoms with Gasteiger partial charge in [-0.15, -0.1) is 0 Å². The largest absolute Gasteiger partial charge is 0.534 e. The Morgan fingerprint density at radius 3 is 1.70 bits per heavy atom. The number of hydrogen-bond donors (Lipinski definition) is 4. The molecule has 1 aliphatic rings. The standard InChI is InChI=1S/C12H20O3Si.C9H14O4.2C4H10O.Ti/c1-4-5-10-15-16(13,14-3)12-8-6-11(2)7-9-12;1-13-9(12)7-5-3-2-4-6(7)8(10)11;2*1-2-3-4-5;/h6-9,13H,4-5,10H2,1-3H3;6-7H,2-5H2,1H3,(H,10,11);2*5H,2-4H2,1H3;. The molecule has 0 bridgehead atoms. The first-order valence-corrected chi connectivity index (χ1v) is 15.9. The van der Waals surface area contributed by atoms with Gasteiger partial charge in [-0.2, -0.15) is 0 Å². The zero-order valence-corrected chi connectivity index (χ0v) is 28.0. The van der Waals surface area contributed by atoms with Crippen molar-refractivity contribution in [2.75, 3.05) is 34.0 Å². The zero-order valence-electron chi connectivity index (χ0n) is 25.5. The van der Waals surface area contributed by atoms with E-state index in [4.69, 9.17) is 24.2 Å². The third kappa shape index (κ3) is 19.9. The second-order valence-corrected chi connectivity index (χ2v) is 11.8. The van der Waals surface area contributed by atoms with Gasteiger partial charge < -0.3 is 33.7 Å². The fourth-order valence-electron chi connectivity index (χ4n) is 3.56. The van der Waals surface area contributed by atoms with Crippen molar-refractivity contribution in [3.63, 3.8) is 0 Å². The molecular formula is C29H54O9SiTi. The Bertz CT molecular complexity index is 727. The predicted molar refractivity (Wildman–Crippen MR) is 156 cm³/mol. The molecule has 1 saturated carbocycles. The molecule has 0 heterocycles. The maximum atomic E-state index is 11.2. The van der Waals surface area contributed by atoms with E-state index >= 15 is 0 Å². The molecule has 4 N–H and O–H groups in total. The predicted octanol–water partition coefficient (Wildman–Crippen LogP) is 4.20. The van der Waals surface area contributed by atoms with Crippen molar-refractivity contribution in [2.24, 2.45) is 11.8 Å². The number of carboxylic acids is 1. The molecular weight excluding hydrogens is 568 g/mol. The number of hydrogen-bond acceptors (Lipinski definition) is 8. The van der Waals surface area contributed by atoms with Gasteiger partial charge in [0.25, 0.3) is 0 Å². The zero-order chi connectivity index (χ0) is 30.1. The van der Waals surface area contributed by atoms with Crippen LogP contribution in [0.1, 0.15) is 90.5 Å². The number of carboxylic acid groups (broad SMARTS) is 1. The number of carbonyl (C=O) groups excluding carboxylic acids is 1. The number of benzene rings is 1. The van der Waals surface area contributed by atoms with Crippen LogP contribution in [0.4, 0.5) is 0 Å². The number of methoxy groups -OCH3 is 1. The summed E-state index contributed by atoms with van der Waals surface area (Å²) in [5.74, 6) is -2.24. The van der Waals surface area contributed by atoms with Crippen molar-refractivity contribution >= 4 is 25.9 Å². The van der Waals surface area contributed by atoms with Gasteiger partial charge in [-0.3, -0.25) is 9.59 Å². The smallest absolute Gasteiger partial charge is 0.481 e. The van der Waals surface area contributed by atoms with E-state index in [2.05, 4.69) is 25.5 Å². The van der Waals surface area contributed by atoms with Gasteiger partial charge in [0.15, 0.2) is 0 Å². The number of esters is 1. The van der Waals surface area contributed by atoms with Gasteiger partial charge >= 0.3 is 20.7 Å². The van der Waals surface area contributed by atoms with Gasteiger partial charge in [0.05, 0.1) is 18.9 Å². The molecule has 0 amide bonds. The van der Waals surface area contributed by atoms with Crippen molar-refractivity contribution in [1.29, 1.82) is 0 Å². The van der Waals surface area contributed by atoms with E-state index in [9.17, 15) is 14.4 Å². The summed E-state index contributed by atoms with van der Waals surface area (Å²) >= 11 is 0. The topological polar surface area (TPSA) is 143 Å². The summed E-state index contributed by atoms with van der Waals surface area (Å²) in [5.41, 5.74) is 1.16. The minimum atomic E-state index is -3.16. The van der Waals surface area contributed by atoms with Crippen LogP contribution in [0.2, 0.25) is 0 Å². The van der Waals surface area contributed by atoms with Crippen LogP contribution in [-0.4, -0.2) is 74.9 Å². The summed E-state index contributed by atoms with van der Waals surface area (Å²) < 4.78 is 15.3. The second-order valence-electron chi connectivity index (χ2n) is 9.37. The Hall–Kier alpha value is -1.11. The summed E-state index contributed by atoms with van der Waals surface area (Å²) in [4.78, 5) is 32.3. The average molecular weight is 623 g/mol. The minimum Gasteiger partial charge on any atom is -0.481 e. The molecule has 0 aliphatic heterocycles. The first kappa shape index (κ1) is 43.3. The van der Waals surface area contributed by atoms with Crippen LogP contribution >= 0.6 is 0 Å². The molecule has 9 nitrogen and oxygen atoms in total. The van der Waals surface area contributed by atoms with Crippen molar-refractivity contribution in [1.82, 2.24) is 0 Å². The monoisotopic (exact) mass is 622 g/mol. The van der Waals surface area contributed by atoms with Crippen LogP contribution in [-0.2, 0) is 44.9 Å². The third-order valence-corrected chi connectivity index (χ3v) is 8.31. The summed E-state index contributed by atoms with van der Waals surface area (Å²) in [6.45, 7) is 9.43. The van der Waals surface area contributed by atoms with E-state index < -0.39 is 26.6 Å². The average Bonchev–Trinajstić information content (AvgIpc) is 2.95. The molecule has 1 aliphatic carbocycles. The van der Waals surface area contributed by atoms with Crippen LogP contribution in [0.25, 0.3) is 0 Å². The summed E-state index contributed by atoms with van der Waals surface area (Å²) in [6, 6.07) is 7.65. The number of aliphatic carboxylic acids is 1. The maximum Gasteiger partial charge on any atom is 0.534 e. The van der Waals surface area contributed by atoms with E-state index in [0.29, 0.717) is 32.7 Å². The number of aliphatic hydroxyl groups is 2. The molecule has 3 unspecified atom stereocenters. The fourth-order valence-corrected chi connectivity index (χ4v) is 5.08. The summed E-state index contributed by atoms with van der Waals surface area (Å²) in [7, 11) is -0.360. The van der Waals surface area contributed by atoms with Crippen LogP contribution in [0.15, 0.2) is 24.3 Å². The molecule has 1 fully saturated rings. The number of aliphatic hydroxyl groups excluding tert-OH is 2. The number of carbonyl (C=O) groups is 2. The van der Waals surface area contributed by atoms with Crippen LogP contribution in [0, 0.1) is 18.8 Å². The minimum absolute atomic E-state index is 0. The van der Waals surface area contributed by atoms with Gasteiger partial charge in [0.2, 0.25) is 0 Å². The van der Waals surface area contributed by atoms with E-state index in [-0.39, 0.29) is 27.7 Å². The van der Waals surface area contributed by atoms with E-state index in [1.54, 1.807) is 0 Å². The molecule has 3 atom stereocenters. The van der Waals surface area contributed by atoms with Gasteiger partial charge in [-0.05, 0) is 39.0 Å². The van der Waals surface area contributed by atoms with Crippen LogP contribution in [0.5, 0.6) is 0 Å². The first-order chi connectivity index (χ1) is 18.6. The van der Waals surface area contributed by atoms with Gasteiger partial charge in [0, 0.05) is 53.8 Å². The molecule has 0 spiro atoms. The quantitative estimate of drug-likeness (QED) is 0.153. The molecule has 2 rings (SSSR count). The van der Waals surface area contributed by atoms with E-state index in [1.807, 2.05) is 31.2 Å². The Morgan fingerprint density at radius 1 is 0.875 bits per heavy atom. The van der Waals surface area contributed by atoms with Crippen molar-refractivity contribution < 1.29 is 65.0 Å². The van der Waals surface area contributed by atoms with E-state index in [0.717, 1.165) is 62.1 Å². The maximum absolute atomic E-state index is 11.2. The molecule has 1 aromatic rings. The SMILES string of the molecule is CCCCO.CCCCO.CCCCO[Si](O)(OC)c1ccc(C)cc1.COC(=O)C1CCCCC1C(=O)O.[Ti]. The molecule has 11 heteroatoms. The Balaban J connectivity index is -0.000000509. The summed E-state index contributed by atoms with van der Waals surface area (Å²) in [6.07, 6.45) is 9.10. The summed E-state index contributed by atoms with van der Waals surface area (Å²) in [5, 5.41) is 25.7. The molecule has 0 aromatic heterocycles. The fraction of sp³-hybridized carbons (Fsp3) is 0.724.